The third-order valence-electron chi connectivity index (χ3n) is 3.22. The first-order valence-electron chi connectivity index (χ1n) is 6.13. The van der Waals surface area contributed by atoms with Gasteiger partial charge in [0.1, 0.15) is 0 Å². The van der Waals surface area contributed by atoms with Crippen LogP contribution in [0, 0.1) is 12.3 Å². The van der Waals surface area contributed by atoms with Crippen molar-refractivity contribution in [2.75, 3.05) is 13.1 Å². The number of hydrogen-bond acceptors (Lipinski definition) is 2. The molecule has 1 fully saturated rings. The van der Waals surface area contributed by atoms with Crippen molar-refractivity contribution < 1.29 is 9.90 Å². The second-order valence-electron chi connectivity index (χ2n) is 4.50. The molecule has 0 aromatic heterocycles. The quantitative estimate of drug-likeness (QED) is 0.742. The molecule has 0 spiro atoms. The smallest absolute Gasteiger partial charge is 0.317 e. The highest BCUT2D eigenvalue weighted by molar-refractivity contribution is 5.69. The lowest BCUT2D eigenvalue weighted by atomic mass is 9.95. The topological polar surface area (TPSA) is 40.5 Å². The van der Waals surface area contributed by atoms with Crippen molar-refractivity contribution in [3.63, 3.8) is 0 Å². The molecule has 3 heteroatoms. The normalized spacial score (nSPS) is 18.8. The lowest BCUT2D eigenvalue weighted by molar-refractivity contribution is -0.138. The van der Waals surface area contributed by atoms with Crippen molar-refractivity contribution in [3.8, 4) is 12.3 Å². The summed E-state index contributed by atoms with van der Waals surface area (Å²) in [4.78, 5) is 12.7. The molecule has 0 bridgehead atoms. The van der Waals surface area contributed by atoms with Crippen LogP contribution < -0.4 is 0 Å². The third-order valence-corrected chi connectivity index (χ3v) is 3.22. The van der Waals surface area contributed by atoms with E-state index < -0.39 is 5.97 Å². The lowest BCUT2D eigenvalue weighted by Crippen LogP contribution is -2.39. The van der Waals surface area contributed by atoms with E-state index in [9.17, 15) is 4.79 Å². The number of terminal acetylenes is 1. The first-order valence-corrected chi connectivity index (χ1v) is 6.13. The largest absolute Gasteiger partial charge is 0.480 e. The van der Waals surface area contributed by atoms with Gasteiger partial charge in [0.05, 0.1) is 13.1 Å². The zero-order valence-corrected chi connectivity index (χ0v) is 9.82. The fourth-order valence-electron chi connectivity index (χ4n) is 2.40. The van der Waals surface area contributed by atoms with E-state index in [4.69, 9.17) is 11.5 Å². The maximum atomic E-state index is 10.8. The predicted molar refractivity (Wildman–Crippen MR) is 64.1 cm³/mol. The van der Waals surface area contributed by atoms with Gasteiger partial charge in [-0.05, 0) is 12.8 Å². The number of carbonyl (C=O) groups is 1. The summed E-state index contributed by atoms with van der Waals surface area (Å²) >= 11 is 0. The summed E-state index contributed by atoms with van der Waals surface area (Å²) in [5.41, 5.74) is 0. The minimum absolute atomic E-state index is 0.0782. The van der Waals surface area contributed by atoms with Gasteiger partial charge in [0.2, 0.25) is 0 Å². The van der Waals surface area contributed by atoms with Crippen molar-refractivity contribution in [2.45, 2.75) is 51.0 Å². The molecule has 0 aliphatic heterocycles. The molecule has 0 atom stereocenters. The van der Waals surface area contributed by atoms with Crippen LogP contribution in [0.4, 0.5) is 0 Å². The Labute approximate surface area is 97.8 Å². The maximum Gasteiger partial charge on any atom is 0.317 e. The molecule has 0 radical (unpaired) electrons. The highest BCUT2D eigenvalue weighted by Crippen LogP contribution is 2.21. The van der Waals surface area contributed by atoms with Crippen LogP contribution >= 0.6 is 0 Å². The molecule has 0 aromatic rings. The van der Waals surface area contributed by atoms with E-state index in [0.29, 0.717) is 12.6 Å². The molecule has 0 saturated heterocycles. The molecule has 1 saturated carbocycles. The van der Waals surface area contributed by atoms with Crippen LogP contribution in [0.15, 0.2) is 0 Å². The second-order valence-corrected chi connectivity index (χ2v) is 4.50. The van der Waals surface area contributed by atoms with Gasteiger partial charge >= 0.3 is 5.97 Å². The Hall–Kier alpha value is -1.01. The molecule has 90 valence electrons. The molecule has 0 aromatic carbocycles. The van der Waals surface area contributed by atoms with Crippen LogP contribution in [0.1, 0.15) is 44.9 Å². The SMILES string of the molecule is C#CCN(CC(=O)O)C1CCCCCCC1. The fourth-order valence-corrected chi connectivity index (χ4v) is 2.40. The van der Waals surface area contributed by atoms with Gasteiger partial charge in [0.25, 0.3) is 0 Å². The Kier molecular flexibility index (Phi) is 5.95. The molecule has 0 amide bonds. The van der Waals surface area contributed by atoms with Crippen molar-refractivity contribution >= 4 is 5.97 Å². The van der Waals surface area contributed by atoms with Gasteiger partial charge < -0.3 is 5.11 Å². The van der Waals surface area contributed by atoms with E-state index in [0.717, 1.165) is 12.8 Å². The standard InChI is InChI=1S/C13H21NO2/c1-2-10-14(11-13(15)16)12-8-6-4-3-5-7-9-12/h1,12H,3-11H2,(H,15,16). The Bertz CT molecular complexity index is 249. The Morgan fingerprint density at radius 1 is 1.25 bits per heavy atom. The summed E-state index contributed by atoms with van der Waals surface area (Å²) in [5.74, 6) is 1.79. The van der Waals surface area contributed by atoms with E-state index in [-0.39, 0.29) is 6.54 Å². The van der Waals surface area contributed by atoms with Gasteiger partial charge in [-0.2, -0.15) is 0 Å². The van der Waals surface area contributed by atoms with Gasteiger partial charge in [0, 0.05) is 6.04 Å². The number of carboxylic acids is 1. The maximum absolute atomic E-state index is 10.8. The molecule has 1 aliphatic rings. The van der Waals surface area contributed by atoms with Gasteiger partial charge in [0.15, 0.2) is 0 Å². The summed E-state index contributed by atoms with van der Waals surface area (Å²) in [6, 6.07) is 0.368. The lowest BCUT2D eigenvalue weighted by Gasteiger charge is -2.30. The molecular weight excluding hydrogens is 202 g/mol. The van der Waals surface area contributed by atoms with Crippen LogP contribution in [0.3, 0.4) is 0 Å². The predicted octanol–water partition coefficient (Wildman–Crippen LogP) is 2.12. The van der Waals surface area contributed by atoms with Crippen molar-refractivity contribution in [1.29, 1.82) is 0 Å². The molecule has 1 N–H and O–H groups in total. The van der Waals surface area contributed by atoms with Gasteiger partial charge in [-0.1, -0.05) is 38.0 Å². The first-order chi connectivity index (χ1) is 7.74. The molecule has 3 nitrogen and oxygen atoms in total. The van der Waals surface area contributed by atoms with Crippen LogP contribution in [0.2, 0.25) is 0 Å². The molecule has 16 heavy (non-hydrogen) atoms. The highest BCUT2D eigenvalue weighted by atomic mass is 16.4. The van der Waals surface area contributed by atoms with Crippen LogP contribution in [-0.4, -0.2) is 35.1 Å². The Morgan fingerprint density at radius 3 is 2.31 bits per heavy atom. The zero-order chi connectivity index (χ0) is 11.8. The van der Waals surface area contributed by atoms with Gasteiger partial charge in [-0.15, -0.1) is 6.42 Å². The average Bonchev–Trinajstić information content (AvgIpc) is 2.15. The van der Waals surface area contributed by atoms with E-state index in [1.165, 1.54) is 32.1 Å². The molecule has 1 aliphatic carbocycles. The number of carboxylic acid groups (broad SMARTS) is 1. The number of aliphatic carboxylic acids is 1. The number of nitrogens with zero attached hydrogens (tertiary/aromatic N) is 1. The van der Waals surface area contributed by atoms with E-state index in [1.54, 1.807) is 0 Å². The molecule has 0 unspecified atom stereocenters. The summed E-state index contributed by atoms with van der Waals surface area (Å²) in [6.45, 7) is 0.534. The van der Waals surface area contributed by atoms with Crippen molar-refractivity contribution in [1.82, 2.24) is 4.90 Å². The number of rotatable bonds is 4. The molecular formula is C13H21NO2. The monoisotopic (exact) mass is 223 g/mol. The van der Waals surface area contributed by atoms with Crippen LogP contribution in [0.5, 0.6) is 0 Å². The summed E-state index contributed by atoms with van der Waals surface area (Å²) in [5, 5.41) is 8.86. The van der Waals surface area contributed by atoms with E-state index in [2.05, 4.69) is 5.92 Å². The van der Waals surface area contributed by atoms with Crippen LogP contribution in [-0.2, 0) is 4.79 Å². The Balaban J connectivity index is 2.52. The third kappa shape index (κ3) is 4.67. The van der Waals surface area contributed by atoms with Gasteiger partial charge in [-0.3, -0.25) is 9.69 Å². The summed E-state index contributed by atoms with van der Waals surface area (Å²) in [6.07, 6.45) is 13.7. The molecule has 0 heterocycles. The molecule has 1 rings (SSSR count). The summed E-state index contributed by atoms with van der Waals surface area (Å²) < 4.78 is 0. The van der Waals surface area contributed by atoms with Gasteiger partial charge in [-0.25, -0.2) is 0 Å². The van der Waals surface area contributed by atoms with Crippen LogP contribution in [0.25, 0.3) is 0 Å². The van der Waals surface area contributed by atoms with E-state index >= 15 is 0 Å². The highest BCUT2D eigenvalue weighted by Gasteiger charge is 2.20. The Morgan fingerprint density at radius 2 is 1.81 bits per heavy atom. The average molecular weight is 223 g/mol. The fraction of sp³-hybridized carbons (Fsp3) is 0.769. The van der Waals surface area contributed by atoms with Crippen molar-refractivity contribution in [2.24, 2.45) is 0 Å². The second kappa shape index (κ2) is 7.29. The first kappa shape index (κ1) is 13.1. The van der Waals surface area contributed by atoms with E-state index in [1.807, 2.05) is 4.90 Å². The van der Waals surface area contributed by atoms with Crippen molar-refractivity contribution in [3.05, 3.63) is 0 Å². The summed E-state index contributed by atoms with van der Waals surface area (Å²) in [7, 11) is 0. The zero-order valence-electron chi connectivity index (χ0n) is 9.82. The number of hydrogen-bond donors (Lipinski definition) is 1. The minimum Gasteiger partial charge on any atom is -0.480 e. The minimum atomic E-state index is -0.780.